The summed E-state index contributed by atoms with van der Waals surface area (Å²) in [5, 5.41) is 9.54. The van der Waals surface area contributed by atoms with Crippen molar-refractivity contribution in [3.05, 3.63) is 36.5 Å². The molecule has 1 atom stereocenters. The molecule has 0 aliphatic carbocycles. The van der Waals surface area contributed by atoms with Crippen molar-refractivity contribution in [2.75, 3.05) is 13.2 Å². The fourth-order valence-electron chi connectivity index (χ4n) is 5.40. The lowest BCUT2D eigenvalue weighted by Crippen LogP contribution is -2.28. The highest BCUT2D eigenvalue weighted by Gasteiger charge is 2.16. The average molecular weight is 647 g/mol. The van der Waals surface area contributed by atoms with Crippen LogP contribution in [-0.2, 0) is 19.1 Å². The Hall–Kier alpha value is -1.88. The number of aliphatic hydroxyl groups excluding tert-OH is 1. The van der Waals surface area contributed by atoms with E-state index in [2.05, 4.69) is 50.3 Å². The number of allylic oxidation sites excluding steroid dienone is 6. The van der Waals surface area contributed by atoms with Gasteiger partial charge in [-0.15, -0.1) is 0 Å². The minimum atomic E-state index is -0.780. The van der Waals surface area contributed by atoms with Crippen LogP contribution in [-0.4, -0.2) is 36.4 Å². The van der Waals surface area contributed by atoms with Crippen molar-refractivity contribution in [2.24, 2.45) is 0 Å². The molecule has 5 heteroatoms. The van der Waals surface area contributed by atoms with Gasteiger partial charge in [-0.25, -0.2) is 0 Å². The molecular formula is C41H74O5. The monoisotopic (exact) mass is 647 g/mol. The standard InChI is InChI=1S/C41H74O5/c1-3-5-7-9-11-13-15-17-19-21-23-25-27-29-31-33-35-40(43)45-38-39(37-42)46-41(44)36-34-32-30-28-26-24-22-20-18-16-14-12-10-8-6-4-2/h14,16,19-22,39,42H,3-13,15,17-18,23-38H2,1-2H3/b16-14-,21-19-,22-20-. The van der Waals surface area contributed by atoms with Gasteiger partial charge in [0.1, 0.15) is 6.61 Å². The van der Waals surface area contributed by atoms with Crippen molar-refractivity contribution in [2.45, 2.75) is 200 Å². The molecule has 46 heavy (non-hydrogen) atoms. The number of carbonyl (C=O) groups excluding carboxylic acids is 2. The first-order valence-electron chi connectivity index (χ1n) is 19.5. The summed E-state index contributed by atoms with van der Waals surface area (Å²) in [5.41, 5.74) is 0. The van der Waals surface area contributed by atoms with Gasteiger partial charge in [0, 0.05) is 12.8 Å². The highest BCUT2D eigenvalue weighted by molar-refractivity contribution is 5.70. The number of hydrogen-bond donors (Lipinski definition) is 1. The fraction of sp³-hybridized carbons (Fsp3) is 0.805. The fourth-order valence-corrected chi connectivity index (χ4v) is 5.40. The topological polar surface area (TPSA) is 72.8 Å². The molecule has 0 rings (SSSR count). The first-order valence-corrected chi connectivity index (χ1v) is 19.5. The Bertz CT molecular complexity index is 741. The van der Waals surface area contributed by atoms with E-state index in [9.17, 15) is 14.7 Å². The van der Waals surface area contributed by atoms with Crippen LogP contribution in [0.2, 0.25) is 0 Å². The molecule has 0 fully saturated rings. The van der Waals surface area contributed by atoms with Crippen LogP contribution < -0.4 is 0 Å². The normalized spacial score (nSPS) is 12.5. The van der Waals surface area contributed by atoms with Crippen LogP contribution in [0.4, 0.5) is 0 Å². The van der Waals surface area contributed by atoms with E-state index in [0.717, 1.165) is 57.8 Å². The van der Waals surface area contributed by atoms with Crippen LogP contribution in [0, 0.1) is 0 Å². The second-order valence-electron chi connectivity index (χ2n) is 13.0. The number of rotatable bonds is 35. The van der Waals surface area contributed by atoms with Crippen molar-refractivity contribution in [3.8, 4) is 0 Å². The molecule has 0 aromatic carbocycles. The van der Waals surface area contributed by atoms with E-state index in [0.29, 0.717) is 12.8 Å². The van der Waals surface area contributed by atoms with Crippen molar-refractivity contribution in [1.82, 2.24) is 0 Å². The van der Waals surface area contributed by atoms with Crippen LogP contribution >= 0.6 is 0 Å². The van der Waals surface area contributed by atoms with Crippen LogP contribution in [0.3, 0.4) is 0 Å². The molecule has 0 heterocycles. The van der Waals surface area contributed by atoms with E-state index in [1.165, 1.54) is 109 Å². The molecule has 1 N–H and O–H groups in total. The molecular weight excluding hydrogens is 572 g/mol. The van der Waals surface area contributed by atoms with Crippen LogP contribution in [0.15, 0.2) is 36.5 Å². The van der Waals surface area contributed by atoms with Crippen LogP contribution in [0.1, 0.15) is 194 Å². The number of esters is 2. The van der Waals surface area contributed by atoms with Crippen molar-refractivity contribution in [3.63, 3.8) is 0 Å². The zero-order valence-corrected chi connectivity index (χ0v) is 30.3. The molecule has 0 spiro atoms. The number of hydrogen-bond acceptors (Lipinski definition) is 5. The molecule has 0 saturated heterocycles. The third-order valence-electron chi connectivity index (χ3n) is 8.41. The highest BCUT2D eigenvalue weighted by Crippen LogP contribution is 2.12. The first kappa shape index (κ1) is 44.1. The summed E-state index contributed by atoms with van der Waals surface area (Å²) < 4.78 is 10.6. The second-order valence-corrected chi connectivity index (χ2v) is 13.0. The molecule has 0 aliphatic rings. The number of ether oxygens (including phenoxy) is 2. The van der Waals surface area contributed by atoms with E-state index in [4.69, 9.17) is 9.47 Å². The Kier molecular flexibility index (Phi) is 36.0. The predicted molar refractivity (Wildman–Crippen MR) is 196 cm³/mol. The minimum absolute atomic E-state index is 0.0749. The molecule has 0 radical (unpaired) electrons. The van der Waals surface area contributed by atoms with Gasteiger partial charge in [0.25, 0.3) is 0 Å². The maximum absolute atomic E-state index is 12.1. The summed E-state index contributed by atoms with van der Waals surface area (Å²) in [7, 11) is 0. The summed E-state index contributed by atoms with van der Waals surface area (Å²) in [4.78, 5) is 24.2. The molecule has 0 aromatic heterocycles. The third-order valence-corrected chi connectivity index (χ3v) is 8.41. The lowest BCUT2D eigenvalue weighted by molar-refractivity contribution is -0.161. The molecule has 0 aliphatic heterocycles. The van der Waals surface area contributed by atoms with E-state index in [1.807, 2.05) is 0 Å². The van der Waals surface area contributed by atoms with Crippen LogP contribution in [0.25, 0.3) is 0 Å². The van der Waals surface area contributed by atoms with E-state index >= 15 is 0 Å². The molecule has 0 bridgehead atoms. The lowest BCUT2D eigenvalue weighted by Gasteiger charge is -2.15. The number of aliphatic hydroxyl groups is 1. The third kappa shape index (κ3) is 35.0. The van der Waals surface area contributed by atoms with E-state index < -0.39 is 6.10 Å². The Morgan fingerprint density at radius 2 is 0.870 bits per heavy atom. The Morgan fingerprint density at radius 1 is 0.500 bits per heavy atom. The zero-order chi connectivity index (χ0) is 33.6. The van der Waals surface area contributed by atoms with Crippen molar-refractivity contribution >= 4 is 11.9 Å². The van der Waals surface area contributed by atoms with Gasteiger partial charge in [-0.05, 0) is 70.6 Å². The first-order chi connectivity index (χ1) is 22.6. The molecule has 0 saturated carbocycles. The smallest absolute Gasteiger partial charge is 0.306 e. The number of carbonyl (C=O) groups is 2. The summed E-state index contributed by atoms with van der Waals surface area (Å²) >= 11 is 0. The van der Waals surface area contributed by atoms with Gasteiger partial charge in [0.05, 0.1) is 6.61 Å². The summed E-state index contributed by atoms with van der Waals surface area (Å²) in [5.74, 6) is -0.615. The quantitative estimate of drug-likeness (QED) is 0.0421. The number of unbranched alkanes of at least 4 members (excludes halogenated alkanes) is 21. The summed E-state index contributed by atoms with van der Waals surface area (Å²) in [6, 6.07) is 0. The Balaban J connectivity index is 3.59. The highest BCUT2D eigenvalue weighted by atomic mass is 16.6. The zero-order valence-electron chi connectivity index (χ0n) is 30.3. The van der Waals surface area contributed by atoms with Crippen LogP contribution in [0.5, 0.6) is 0 Å². The molecule has 1 unspecified atom stereocenters. The van der Waals surface area contributed by atoms with Gasteiger partial charge < -0.3 is 14.6 Å². The molecule has 268 valence electrons. The van der Waals surface area contributed by atoms with E-state index in [1.54, 1.807) is 0 Å². The molecule has 5 nitrogen and oxygen atoms in total. The van der Waals surface area contributed by atoms with Crippen molar-refractivity contribution < 1.29 is 24.2 Å². The Labute approximate surface area is 285 Å². The van der Waals surface area contributed by atoms with Gasteiger partial charge in [0.15, 0.2) is 6.10 Å². The van der Waals surface area contributed by atoms with Gasteiger partial charge in [-0.1, -0.05) is 147 Å². The average Bonchev–Trinajstić information content (AvgIpc) is 3.06. The Morgan fingerprint density at radius 3 is 1.33 bits per heavy atom. The maximum atomic E-state index is 12.1. The van der Waals surface area contributed by atoms with E-state index in [-0.39, 0.29) is 25.2 Å². The maximum Gasteiger partial charge on any atom is 0.306 e. The summed E-state index contributed by atoms with van der Waals surface area (Å²) in [6.45, 7) is 4.10. The lowest BCUT2D eigenvalue weighted by atomic mass is 10.1. The second kappa shape index (κ2) is 37.6. The SMILES string of the molecule is CCCCCC/C=C\C/C=C\CCCCCCCC(=O)OC(CO)COC(=O)CCCCCCC/C=C\CCCCCCCCC. The van der Waals surface area contributed by atoms with Gasteiger partial charge in [-0.2, -0.15) is 0 Å². The minimum Gasteiger partial charge on any atom is -0.462 e. The predicted octanol–water partition coefficient (Wildman–Crippen LogP) is 12.1. The van der Waals surface area contributed by atoms with Gasteiger partial charge in [-0.3, -0.25) is 9.59 Å². The molecule has 0 aromatic rings. The van der Waals surface area contributed by atoms with Gasteiger partial charge >= 0.3 is 11.9 Å². The van der Waals surface area contributed by atoms with Crippen molar-refractivity contribution in [1.29, 1.82) is 0 Å². The van der Waals surface area contributed by atoms with Gasteiger partial charge in [0.2, 0.25) is 0 Å². The summed E-state index contributed by atoms with van der Waals surface area (Å²) in [6.07, 6.45) is 44.8. The largest absolute Gasteiger partial charge is 0.462 e. The molecule has 0 amide bonds.